The quantitative estimate of drug-likeness (QED) is 0.778. The maximum Gasteiger partial charge on any atom is 0.157 e. The second-order valence-electron chi connectivity index (χ2n) is 3.50. The molecule has 0 fully saturated rings. The van der Waals surface area contributed by atoms with Gasteiger partial charge in [-0.25, -0.2) is 0 Å². The van der Waals surface area contributed by atoms with Crippen molar-refractivity contribution in [1.82, 2.24) is 0 Å². The van der Waals surface area contributed by atoms with E-state index >= 15 is 0 Å². The number of benzene rings is 1. The molecule has 1 unspecified atom stereocenters. The lowest BCUT2D eigenvalue weighted by atomic mass is 10.1. The lowest BCUT2D eigenvalue weighted by Crippen LogP contribution is -2.02. The van der Waals surface area contributed by atoms with Crippen LogP contribution in [0.4, 0.5) is 0 Å². The van der Waals surface area contributed by atoms with Crippen molar-refractivity contribution < 1.29 is 4.84 Å². The first-order chi connectivity index (χ1) is 7.40. The minimum Gasteiger partial charge on any atom is -0.387 e. The molecule has 1 aliphatic rings. The van der Waals surface area contributed by atoms with Crippen LogP contribution in [0.3, 0.4) is 0 Å². The molecule has 0 bridgehead atoms. The second-order valence-corrected chi connectivity index (χ2v) is 4.78. The third-order valence-corrected chi connectivity index (χ3v) is 3.32. The van der Waals surface area contributed by atoms with Crippen LogP contribution in [0.1, 0.15) is 25.0 Å². The molecule has 0 spiro atoms. The molecule has 1 atom stereocenters. The summed E-state index contributed by atoms with van der Waals surface area (Å²) in [5, 5.41) is 4.13. The third-order valence-electron chi connectivity index (χ3n) is 2.37. The van der Waals surface area contributed by atoms with Crippen LogP contribution in [0.5, 0.6) is 0 Å². The number of thioether (sulfide) groups is 1. The summed E-state index contributed by atoms with van der Waals surface area (Å²) in [6.45, 7) is 2.16. The van der Waals surface area contributed by atoms with Gasteiger partial charge in [-0.1, -0.05) is 42.4 Å². The van der Waals surface area contributed by atoms with Gasteiger partial charge in [-0.05, 0) is 11.3 Å². The molecule has 0 saturated carbocycles. The highest BCUT2D eigenvalue weighted by atomic mass is 32.2. The molecule has 0 amide bonds. The minimum absolute atomic E-state index is 0.138. The summed E-state index contributed by atoms with van der Waals surface area (Å²) in [6.07, 6.45) is 1.08. The summed E-state index contributed by atoms with van der Waals surface area (Å²) in [6, 6.07) is 10.3. The van der Waals surface area contributed by atoms with E-state index in [1.54, 1.807) is 0 Å². The van der Waals surface area contributed by atoms with Gasteiger partial charge in [-0.15, -0.1) is 0 Å². The van der Waals surface area contributed by atoms with Crippen LogP contribution in [-0.2, 0) is 4.84 Å². The van der Waals surface area contributed by atoms with E-state index in [4.69, 9.17) is 4.84 Å². The van der Waals surface area contributed by atoms with Crippen molar-refractivity contribution in [3.63, 3.8) is 0 Å². The first kappa shape index (κ1) is 10.6. The van der Waals surface area contributed by atoms with Crippen LogP contribution in [-0.4, -0.2) is 17.2 Å². The fourth-order valence-electron chi connectivity index (χ4n) is 1.58. The maximum atomic E-state index is 5.42. The summed E-state index contributed by atoms with van der Waals surface area (Å²) in [4.78, 5) is 5.42. The Hall–Kier alpha value is -0.960. The molecule has 0 aliphatic carbocycles. The molecule has 1 aromatic carbocycles. The predicted octanol–water partition coefficient (Wildman–Crippen LogP) is 3.26. The SMILES string of the molecule is CCSCC1=NOC(c2ccccc2)C1. The molecule has 0 aromatic heterocycles. The van der Waals surface area contributed by atoms with E-state index in [2.05, 4.69) is 24.2 Å². The number of oxime groups is 1. The minimum atomic E-state index is 0.138. The average molecular weight is 221 g/mol. The van der Waals surface area contributed by atoms with Gasteiger partial charge in [0.05, 0.1) is 5.71 Å². The molecule has 2 nitrogen and oxygen atoms in total. The van der Waals surface area contributed by atoms with Crippen molar-refractivity contribution in [3.05, 3.63) is 35.9 Å². The maximum absolute atomic E-state index is 5.42. The number of hydrogen-bond donors (Lipinski definition) is 0. The first-order valence-corrected chi connectivity index (χ1v) is 6.40. The van der Waals surface area contributed by atoms with Gasteiger partial charge in [0.25, 0.3) is 0 Å². The Balaban J connectivity index is 1.90. The average Bonchev–Trinajstić information content (AvgIpc) is 2.76. The smallest absolute Gasteiger partial charge is 0.157 e. The largest absolute Gasteiger partial charge is 0.387 e. The van der Waals surface area contributed by atoms with Crippen molar-refractivity contribution in [2.45, 2.75) is 19.4 Å². The van der Waals surface area contributed by atoms with E-state index in [1.807, 2.05) is 30.0 Å². The Labute approximate surface area is 94.7 Å². The van der Waals surface area contributed by atoms with Crippen LogP contribution in [0.2, 0.25) is 0 Å². The Bertz CT molecular complexity index is 337. The van der Waals surface area contributed by atoms with Crippen molar-refractivity contribution >= 4 is 17.5 Å². The standard InChI is InChI=1S/C12H15NOS/c1-2-15-9-11-8-12(14-13-11)10-6-4-3-5-7-10/h3-7,12H,2,8-9H2,1H3. The van der Waals surface area contributed by atoms with Gasteiger partial charge in [-0.3, -0.25) is 0 Å². The number of nitrogens with zero attached hydrogens (tertiary/aromatic N) is 1. The molecular formula is C12H15NOS. The number of rotatable bonds is 4. The summed E-state index contributed by atoms with van der Waals surface area (Å²) in [5.41, 5.74) is 2.40. The van der Waals surface area contributed by atoms with Crippen molar-refractivity contribution in [1.29, 1.82) is 0 Å². The molecule has 0 N–H and O–H groups in total. The van der Waals surface area contributed by atoms with Crippen LogP contribution in [0.25, 0.3) is 0 Å². The zero-order chi connectivity index (χ0) is 10.5. The van der Waals surface area contributed by atoms with Crippen molar-refractivity contribution in [3.8, 4) is 0 Å². The number of hydrogen-bond acceptors (Lipinski definition) is 3. The summed E-state index contributed by atoms with van der Waals surface area (Å²) in [7, 11) is 0. The molecule has 1 aromatic rings. The third kappa shape index (κ3) is 2.75. The zero-order valence-electron chi connectivity index (χ0n) is 8.85. The summed E-state index contributed by atoms with van der Waals surface area (Å²) in [5.74, 6) is 2.13. The van der Waals surface area contributed by atoms with E-state index < -0.39 is 0 Å². The molecule has 0 saturated heterocycles. The highest BCUT2D eigenvalue weighted by Crippen LogP contribution is 2.27. The van der Waals surface area contributed by atoms with Gasteiger partial charge in [0.2, 0.25) is 0 Å². The molecule has 15 heavy (non-hydrogen) atoms. The predicted molar refractivity (Wildman–Crippen MR) is 65.3 cm³/mol. The Morgan fingerprint density at radius 3 is 2.93 bits per heavy atom. The molecule has 1 heterocycles. The summed E-state index contributed by atoms with van der Waals surface area (Å²) >= 11 is 1.89. The fourth-order valence-corrected chi connectivity index (χ4v) is 2.19. The van der Waals surface area contributed by atoms with E-state index in [9.17, 15) is 0 Å². The summed E-state index contributed by atoms with van der Waals surface area (Å²) < 4.78 is 0. The van der Waals surface area contributed by atoms with Gasteiger partial charge >= 0.3 is 0 Å². The van der Waals surface area contributed by atoms with Gasteiger partial charge < -0.3 is 4.84 Å². The van der Waals surface area contributed by atoms with E-state index in [0.29, 0.717) is 0 Å². The van der Waals surface area contributed by atoms with Crippen molar-refractivity contribution in [2.75, 3.05) is 11.5 Å². The van der Waals surface area contributed by atoms with Gasteiger partial charge in [0.15, 0.2) is 6.10 Å². The Morgan fingerprint density at radius 2 is 2.20 bits per heavy atom. The van der Waals surface area contributed by atoms with E-state index in [0.717, 1.165) is 17.9 Å². The molecule has 1 aliphatic heterocycles. The van der Waals surface area contributed by atoms with Crippen LogP contribution < -0.4 is 0 Å². The molecular weight excluding hydrogens is 206 g/mol. The highest BCUT2D eigenvalue weighted by Gasteiger charge is 2.21. The monoisotopic (exact) mass is 221 g/mol. The molecule has 2 rings (SSSR count). The Kier molecular flexibility index (Phi) is 3.67. The molecule has 80 valence electrons. The molecule has 0 radical (unpaired) electrons. The van der Waals surface area contributed by atoms with E-state index in [1.165, 1.54) is 11.3 Å². The molecule has 3 heteroatoms. The zero-order valence-corrected chi connectivity index (χ0v) is 9.67. The highest BCUT2D eigenvalue weighted by molar-refractivity contribution is 7.99. The van der Waals surface area contributed by atoms with Gasteiger partial charge in [-0.2, -0.15) is 11.8 Å². The van der Waals surface area contributed by atoms with E-state index in [-0.39, 0.29) is 6.10 Å². The van der Waals surface area contributed by atoms with Crippen LogP contribution in [0.15, 0.2) is 35.5 Å². The lowest BCUT2D eigenvalue weighted by Gasteiger charge is -2.07. The van der Waals surface area contributed by atoms with Gasteiger partial charge in [0.1, 0.15) is 0 Å². The Morgan fingerprint density at radius 1 is 1.40 bits per heavy atom. The van der Waals surface area contributed by atoms with Gasteiger partial charge in [0, 0.05) is 12.2 Å². The topological polar surface area (TPSA) is 21.6 Å². The lowest BCUT2D eigenvalue weighted by molar-refractivity contribution is 0.0857. The van der Waals surface area contributed by atoms with Crippen LogP contribution >= 0.6 is 11.8 Å². The first-order valence-electron chi connectivity index (χ1n) is 5.24. The van der Waals surface area contributed by atoms with Crippen LogP contribution in [0, 0.1) is 0 Å². The normalized spacial score (nSPS) is 19.8. The van der Waals surface area contributed by atoms with Crippen molar-refractivity contribution in [2.24, 2.45) is 5.16 Å². The fraction of sp³-hybridized carbons (Fsp3) is 0.417. The second kappa shape index (κ2) is 5.21.